The van der Waals surface area contributed by atoms with Crippen LogP contribution in [-0.4, -0.2) is 17.8 Å². The third kappa shape index (κ3) is 3.46. The Morgan fingerprint density at radius 3 is 2.77 bits per heavy atom. The molecule has 2 N–H and O–H groups in total. The van der Waals surface area contributed by atoms with Gasteiger partial charge in [0.2, 0.25) is 0 Å². The maximum absolute atomic E-state index is 9.07. The van der Waals surface area contributed by atoms with Crippen molar-refractivity contribution in [3.63, 3.8) is 0 Å². The molecule has 0 radical (unpaired) electrons. The van der Waals surface area contributed by atoms with Crippen LogP contribution in [0.1, 0.15) is 18.7 Å². The van der Waals surface area contributed by atoms with Crippen LogP contribution in [0.3, 0.4) is 0 Å². The van der Waals surface area contributed by atoms with Crippen LogP contribution in [0, 0.1) is 5.92 Å². The topological polar surface area (TPSA) is 32.3 Å². The van der Waals surface area contributed by atoms with Gasteiger partial charge < -0.3 is 10.4 Å². The number of aliphatic hydroxyl groups is 1. The van der Waals surface area contributed by atoms with Crippen molar-refractivity contribution in [1.29, 1.82) is 0 Å². The summed E-state index contributed by atoms with van der Waals surface area (Å²) in [6.45, 7) is 5.30. The molecule has 0 aliphatic heterocycles. The number of thiophene rings is 1. The summed E-state index contributed by atoms with van der Waals surface area (Å²) in [4.78, 5) is 1.32. The Hall–Kier alpha value is -0.380. The van der Waals surface area contributed by atoms with Crippen molar-refractivity contribution in [2.45, 2.75) is 26.4 Å². The summed E-state index contributed by atoms with van der Waals surface area (Å²) in [6.07, 6.45) is 0. The average molecular weight is 199 g/mol. The summed E-state index contributed by atoms with van der Waals surface area (Å²) in [6, 6.07) is 4.36. The lowest BCUT2D eigenvalue weighted by Gasteiger charge is -2.19. The molecule has 0 bridgehead atoms. The molecule has 0 unspecified atom stereocenters. The molecule has 74 valence electrons. The van der Waals surface area contributed by atoms with Crippen LogP contribution in [0.4, 0.5) is 0 Å². The van der Waals surface area contributed by atoms with Gasteiger partial charge in [-0.25, -0.2) is 0 Å². The Kier molecular flexibility index (Phi) is 4.42. The highest BCUT2D eigenvalue weighted by molar-refractivity contribution is 7.09. The van der Waals surface area contributed by atoms with E-state index < -0.39 is 0 Å². The van der Waals surface area contributed by atoms with Crippen LogP contribution in [0.25, 0.3) is 0 Å². The Morgan fingerprint density at radius 2 is 2.31 bits per heavy atom. The minimum absolute atomic E-state index is 0.210. The van der Waals surface area contributed by atoms with Crippen molar-refractivity contribution in [2.24, 2.45) is 5.92 Å². The lowest BCUT2D eigenvalue weighted by atomic mass is 10.1. The zero-order valence-corrected chi connectivity index (χ0v) is 8.97. The Labute approximate surface area is 83.6 Å². The second-order valence-corrected chi connectivity index (χ2v) is 4.53. The largest absolute Gasteiger partial charge is 0.395 e. The van der Waals surface area contributed by atoms with Crippen LogP contribution in [0.15, 0.2) is 17.5 Å². The second-order valence-electron chi connectivity index (χ2n) is 3.49. The molecule has 0 saturated heterocycles. The number of hydrogen-bond donors (Lipinski definition) is 2. The summed E-state index contributed by atoms with van der Waals surface area (Å²) in [7, 11) is 0. The summed E-state index contributed by atoms with van der Waals surface area (Å²) in [5.41, 5.74) is 0. The van der Waals surface area contributed by atoms with Gasteiger partial charge in [-0.2, -0.15) is 0 Å². The van der Waals surface area contributed by atoms with Crippen LogP contribution >= 0.6 is 11.3 Å². The van der Waals surface area contributed by atoms with E-state index in [-0.39, 0.29) is 12.6 Å². The van der Waals surface area contributed by atoms with E-state index >= 15 is 0 Å². The van der Waals surface area contributed by atoms with Gasteiger partial charge in [0, 0.05) is 17.5 Å². The van der Waals surface area contributed by atoms with E-state index in [0.29, 0.717) is 5.92 Å². The minimum Gasteiger partial charge on any atom is -0.395 e. The van der Waals surface area contributed by atoms with E-state index in [1.807, 2.05) is 6.07 Å². The molecule has 0 spiro atoms. The predicted molar refractivity (Wildman–Crippen MR) is 56.9 cm³/mol. The number of nitrogens with one attached hydrogen (secondary N) is 1. The molecule has 1 aromatic rings. The molecule has 0 saturated carbocycles. The van der Waals surface area contributed by atoms with Gasteiger partial charge in [-0.15, -0.1) is 11.3 Å². The average Bonchev–Trinajstić information content (AvgIpc) is 2.57. The SMILES string of the molecule is CC(C)[C@@H](CO)NCc1cccs1. The normalized spacial score (nSPS) is 13.5. The highest BCUT2D eigenvalue weighted by Crippen LogP contribution is 2.09. The molecule has 0 aliphatic rings. The fraction of sp³-hybridized carbons (Fsp3) is 0.600. The van der Waals surface area contributed by atoms with Gasteiger partial charge in [-0.3, -0.25) is 0 Å². The Balaban J connectivity index is 2.32. The monoisotopic (exact) mass is 199 g/mol. The van der Waals surface area contributed by atoms with Crippen molar-refractivity contribution in [3.8, 4) is 0 Å². The standard InChI is InChI=1S/C10H17NOS/c1-8(2)10(7-12)11-6-9-4-3-5-13-9/h3-5,8,10-12H,6-7H2,1-2H3/t10-/m1/s1. The Morgan fingerprint density at radius 1 is 1.54 bits per heavy atom. The molecule has 1 aromatic heterocycles. The van der Waals surface area contributed by atoms with Crippen LogP contribution in [0.2, 0.25) is 0 Å². The van der Waals surface area contributed by atoms with Gasteiger partial charge in [-0.05, 0) is 17.4 Å². The first-order chi connectivity index (χ1) is 6.24. The quantitative estimate of drug-likeness (QED) is 0.758. The van der Waals surface area contributed by atoms with Gasteiger partial charge in [0.15, 0.2) is 0 Å². The maximum atomic E-state index is 9.07. The smallest absolute Gasteiger partial charge is 0.0587 e. The molecule has 1 atom stereocenters. The summed E-state index contributed by atoms with van der Waals surface area (Å²) in [5.74, 6) is 0.477. The number of aliphatic hydroxyl groups excluding tert-OH is 1. The molecule has 3 heteroatoms. The molecule has 0 amide bonds. The molecular weight excluding hydrogens is 182 g/mol. The molecule has 13 heavy (non-hydrogen) atoms. The van der Waals surface area contributed by atoms with Gasteiger partial charge >= 0.3 is 0 Å². The van der Waals surface area contributed by atoms with Crippen molar-refractivity contribution in [2.75, 3.05) is 6.61 Å². The summed E-state index contributed by atoms with van der Waals surface area (Å²) >= 11 is 1.74. The Bertz CT molecular complexity index is 221. The third-order valence-corrected chi connectivity index (χ3v) is 3.00. The van der Waals surface area contributed by atoms with Gasteiger partial charge in [-0.1, -0.05) is 19.9 Å². The molecule has 1 rings (SSSR count). The van der Waals surface area contributed by atoms with Crippen molar-refractivity contribution in [1.82, 2.24) is 5.32 Å². The van der Waals surface area contributed by atoms with Crippen molar-refractivity contribution >= 4 is 11.3 Å². The van der Waals surface area contributed by atoms with E-state index in [2.05, 4.69) is 30.6 Å². The predicted octanol–water partition coefficient (Wildman–Crippen LogP) is 1.85. The number of hydrogen-bond acceptors (Lipinski definition) is 3. The van der Waals surface area contributed by atoms with Crippen molar-refractivity contribution < 1.29 is 5.11 Å². The van der Waals surface area contributed by atoms with E-state index in [9.17, 15) is 0 Å². The van der Waals surface area contributed by atoms with Crippen LogP contribution < -0.4 is 5.32 Å². The molecule has 2 nitrogen and oxygen atoms in total. The zero-order chi connectivity index (χ0) is 9.68. The van der Waals surface area contributed by atoms with E-state index in [4.69, 9.17) is 5.11 Å². The van der Waals surface area contributed by atoms with Crippen LogP contribution in [-0.2, 0) is 6.54 Å². The van der Waals surface area contributed by atoms with E-state index in [1.165, 1.54) is 4.88 Å². The maximum Gasteiger partial charge on any atom is 0.0587 e. The first kappa shape index (κ1) is 10.7. The molecular formula is C10H17NOS. The lowest BCUT2D eigenvalue weighted by molar-refractivity contribution is 0.210. The molecule has 0 aliphatic carbocycles. The number of rotatable bonds is 5. The van der Waals surface area contributed by atoms with Crippen molar-refractivity contribution in [3.05, 3.63) is 22.4 Å². The van der Waals surface area contributed by atoms with E-state index in [1.54, 1.807) is 11.3 Å². The minimum atomic E-state index is 0.210. The molecule has 0 fully saturated rings. The highest BCUT2D eigenvalue weighted by atomic mass is 32.1. The third-order valence-electron chi connectivity index (χ3n) is 2.12. The fourth-order valence-corrected chi connectivity index (χ4v) is 1.81. The van der Waals surface area contributed by atoms with Gasteiger partial charge in [0.1, 0.15) is 0 Å². The molecule has 0 aromatic carbocycles. The lowest BCUT2D eigenvalue weighted by Crippen LogP contribution is -2.36. The van der Waals surface area contributed by atoms with Gasteiger partial charge in [0.25, 0.3) is 0 Å². The first-order valence-electron chi connectivity index (χ1n) is 4.60. The zero-order valence-electron chi connectivity index (χ0n) is 8.16. The van der Waals surface area contributed by atoms with E-state index in [0.717, 1.165) is 6.54 Å². The second kappa shape index (κ2) is 5.37. The van der Waals surface area contributed by atoms with Gasteiger partial charge in [0.05, 0.1) is 6.61 Å². The highest BCUT2D eigenvalue weighted by Gasteiger charge is 2.10. The molecule has 1 heterocycles. The first-order valence-corrected chi connectivity index (χ1v) is 5.48. The fourth-order valence-electron chi connectivity index (χ4n) is 1.16. The summed E-state index contributed by atoms with van der Waals surface area (Å²) in [5, 5.41) is 14.5. The van der Waals surface area contributed by atoms with Crippen LogP contribution in [0.5, 0.6) is 0 Å². The summed E-state index contributed by atoms with van der Waals surface area (Å²) < 4.78 is 0.